The van der Waals surface area contributed by atoms with Crippen LogP contribution in [0.4, 0.5) is 11.5 Å². The van der Waals surface area contributed by atoms with Gasteiger partial charge in [-0.3, -0.25) is 0 Å². The standard InChI is InChI=1S/C14H26N4O/c1-6-10(4)7-11(5)18-13-12(15)14(17-8-16-13)19-9(2)3/h8-11H,6-7,15H2,1-5H3,(H,16,17,18). The van der Waals surface area contributed by atoms with Crippen LogP contribution in [0.1, 0.15) is 47.5 Å². The van der Waals surface area contributed by atoms with Crippen LogP contribution < -0.4 is 15.8 Å². The van der Waals surface area contributed by atoms with Crippen molar-refractivity contribution in [3.8, 4) is 5.88 Å². The highest BCUT2D eigenvalue weighted by atomic mass is 16.5. The summed E-state index contributed by atoms with van der Waals surface area (Å²) in [6.07, 6.45) is 3.78. The van der Waals surface area contributed by atoms with Crippen molar-refractivity contribution in [1.29, 1.82) is 0 Å². The van der Waals surface area contributed by atoms with Gasteiger partial charge >= 0.3 is 0 Å². The lowest BCUT2D eigenvalue weighted by Gasteiger charge is -2.20. The van der Waals surface area contributed by atoms with E-state index in [-0.39, 0.29) is 6.10 Å². The Kier molecular flexibility index (Phi) is 5.86. The summed E-state index contributed by atoms with van der Waals surface area (Å²) in [6.45, 7) is 10.5. The van der Waals surface area contributed by atoms with E-state index in [4.69, 9.17) is 10.5 Å². The molecule has 2 atom stereocenters. The van der Waals surface area contributed by atoms with E-state index >= 15 is 0 Å². The van der Waals surface area contributed by atoms with Gasteiger partial charge in [-0.2, -0.15) is 4.98 Å². The third-order valence-electron chi connectivity index (χ3n) is 3.03. The molecular formula is C14H26N4O. The zero-order valence-corrected chi connectivity index (χ0v) is 12.6. The summed E-state index contributed by atoms with van der Waals surface area (Å²) in [6, 6.07) is 0.319. The number of hydrogen-bond donors (Lipinski definition) is 2. The first-order chi connectivity index (χ1) is 8.93. The Balaban J connectivity index is 2.73. The maximum absolute atomic E-state index is 6.03. The highest BCUT2D eigenvalue weighted by Gasteiger charge is 2.13. The molecule has 0 fully saturated rings. The minimum atomic E-state index is 0.0441. The number of rotatable bonds is 7. The van der Waals surface area contributed by atoms with Gasteiger partial charge in [0.2, 0.25) is 5.88 Å². The summed E-state index contributed by atoms with van der Waals surface area (Å²) in [4.78, 5) is 8.26. The summed E-state index contributed by atoms with van der Waals surface area (Å²) < 4.78 is 5.55. The molecule has 0 saturated heterocycles. The minimum absolute atomic E-state index is 0.0441. The zero-order chi connectivity index (χ0) is 14.4. The second-order valence-electron chi connectivity index (χ2n) is 5.40. The van der Waals surface area contributed by atoms with Crippen molar-refractivity contribution >= 4 is 11.5 Å². The lowest BCUT2D eigenvalue weighted by molar-refractivity contribution is 0.234. The van der Waals surface area contributed by atoms with Gasteiger partial charge in [0.15, 0.2) is 5.82 Å². The average molecular weight is 266 g/mol. The molecule has 0 radical (unpaired) electrons. The fourth-order valence-electron chi connectivity index (χ4n) is 1.87. The molecule has 19 heavy (non-hydrogen) atoms. The van der Waals surface area contributed by atoms with E-state index in [1.165, 1.54) is 12.7 Å². The molecule has 3 N–H and O–H groups in total. The Morgan fingerprint density at radius 2 is 1.95 bits per heavy atom. The lowest BCUT2D eigenvalue weighted by atomic mass is 10.0. The Morgan fingerprint density at radius 1 is 1.26 bits per heavy atom. The molecule has 0 aromatic carbocycles. The zero-order valence-electron chi connectivity index (χ0n) is 12.6. The summed E-state index contributed by atoms with van der Waals surface area (Å²) >= 11 is 0. The van der Waals surface area contributed by atoms with Gasteiger partial charge in [0.1, 0.15) is 12.0 Å². The van der Waals surface area contributed by atoms with Gasteiger partial charge in [-0.25, -0.2) is 4.98 Å². The number of hydrogen-bond acceptors (Lipinski definition) is 5. The first kappa shape index (κ1) is 15.5. The quantitative estimate of drug-likeness (QED) is 0.793. The molecule has 0 aliphatic rings. The summed E-state index contributed by atoms with van der Waals surface area (Å²) in [5.41, 5.74) is 6.51. The van der Waals surface area contributed by atoms with Gasteiger partial charge in [-0.1, -0.05) is 20.3 Å². The summed E-state index contributed by atoms with van der Waals surface area (Å²) in [7, 11) is 0. The van der Waals surface area contributed by atoms with E-state index in [0.29, 0.717) is 29.3 Å². The number of nitrogen functional groups attached to an aromatic ring is 1. The summed E-state index contributed by atoms with van der Waals surface area (Å²) in [5.74, 6) is 1.78. The number of nitrogens with one attached hydrogen (secondary N) is 1. The normalized spacial score (nSPS) is 14.2. The van der Waals surface area contributed by atoms with Crippen molar-refractivity contribution < 1.29 is 4.74 Å². The molecule has 0 aliphatic carbocycles. The molecule has 5 nitrogen and oxygen atoms in total. The van der Waals surface area contributed by atoms with Crippen molar-refractivity contribution in [1.82, 2.24) is 9.97 Å². The van der Waals surface area contributed by atoms with E-state index in [2.05, 4.69) is 36.1 Å². The van der Waals surface area contributed by atoms with Gasteiger partial charge in [0, 0.05) is 6.04 Å². The maximum atomic E-state index is 6.03. The van der Waals surface area contributed by atoms with Gasteiger partial charge in [-0.15, -0.1) is 0 Å². The molecule has 0 amide bonds. The Hall–Kier alpha value is -1.52. The number of nitrogens with zero attached hydrogens (tertiary/aromatic N) is 2. The van der Waals surface area contributed by atoms with Gasteiger partial charge in [0.25, 0.3) is 0 Å². The Bertz CT molecular complexity index is 395. The monoisotopic (exact) mass is 266 g/mol. The van der Waals surface area contributed by atoms with Crippen molar-refractivity contribution in [2.45, 2.75) is 59.6 Å². The Labute approximate surface area is 116 Å². The maximum Gasteiger partial charge on any atom is 0.242 e. The molecule has 1 rings (SSSR count). The summed E-state index contributed by atoms with van der Waals surface area (Å²) in [5, 5.41) is 3.33. The van der Waals surface area contributed by atoms with Crippen molar-refractivity contribution in [3.05, 3.63) is 6.33 Å². The molecular weight excluding hydrogens is 240 g/mol. The van der Waals surface area contributed by atoms with Crippen LogP contribution in [0.15, 0.2) is 6.33 Å². The van der Waals surface area contributed by atoms with Crippen LogP contribution in [0.5, 0.6) is 5.88 Å². The van der Waals surface area contributed by atoms with Crippen LogP contribution in [0.3, 0.4) is 0 Å². The van der Waals surface area contributed by atoms with E-state index in [0.717, 1.165) is 6.42 Å². The van der Waals surface area contributed by atoms with Crippen LogP contribution in [0.25, 0.3) is 0 Å². The second-order valence-corrected chi connectivity index (χ2v) is 5.40. The van der Waals surface area contributed by atoms with E-state index in [1.54, 1.807) is 0 Å². The van der Waals surface area contributed by atoms with Gasteiger partial charge in [0.05, 0.1) is 6.10 Å². The first-order valence-electron chi connectivity index (χ1n) is 6.97. The van der Waals surface area contributed by atoms with Gasteiger partial charge in [-0.05, 0) is 33.1 Å². The third kappa shape index (κ3) is 4.93. The highest BCUT2D eigenvalue weighted by molar-refractivity contribution is 5.66. The van der Waals surface area contributed by atoms with Crippen LogP contribution in [-0.4, -0.2) is 22.1 Å². The molecule has 0 aliphatic heterocycles. The smallest absolute Gasteiger partial charge is 0.242 e. The minimum Gasteiger partial charge on any atom is -0.473 e. The van der Waals surface area contributed by atoms with Crippen LogP contribution >= 0.6 is 0 Å². The molecule has 108 valence electrons. The van der Waals surface area contributed by atoms with Crippen molar-refractivity contribution in [2.24, 2.45) is 5.92 Å². The van der Waals surface area contributed by atoms with Crippen LogP contribution in [0.2, 0.25) is 0 Å². The predicted octanol–water partition coefficient (Wildman–Crippen LogP) is 3.08. The fourth-order valence-corrected chi connectivity index (χ4v) is 1.87. The molecule has 0 saturated carbocycles. The third-order valence-corrected chi connectivity index (χ3v) is 3.03. The number of nitrogens with two attached hydrogens (primary N) is 1. The molecule has 0 bridgehead atoms. The second kappa shape index (κ2) is 7.16. The lowest BCUT2D eigenvalue weighted by Crippen LogP contribution is -2.20. The number of aromatic nitrogens is 2. The molecule has 2 unspecified atom stereocenters. The molecule has 1 heterocycles. The number of anilines is 2. The highest BCUT2D eigenvalue weighted by Crippen LogP contribution is 2.26. The fraction of sp³-hybridized carbons (Fsp3) is 0.714. The van der Waals surface area contributed by atoms with Gasteiger partial charge < -0.3 is 15.8 Å². The SMILES string of the molecule is CCC(C)CC(C)Nc1ncnc(OC(C)C)c1N. The Morgan fingerprint density at radius 3 is 2.53 bits per heavy atom. The van der Waals surface area contributed by atoms with Crippen LogP contribution in [-0.2, 0) is 0 Å². The molecule has 1 aromatic rings. The van der Waals surface area contributed by atoms with E-state index in [9.17, 15) is 0 Å². The van der Waals surface area contributed by atoms with Crippen molar-refractivity contribution in [2.75, 3.05) is 11.1 Å². The van der Waals surface area contributed by atoms with E-state index < -0.39 is 0 Å². The van der Waals surface area contributed by atoms with Crippen molar-refractivity contribution in [3.63, 3.8) is 0 Å². The molecule has 1 aromatic heterocycles. The number of ether oxygens (including phenoxy) is 1. The first-order valence-corrected chi connectivity index (χ1v) is 6.97. The molecule has 5 heteroatoms. The van der Waals surface area contributed by atoms with E-state index in [1.807, 2.05) is 13.8 Å². The predicted molar refractivity (Wildman–Crippen MR) is 79.4 cm³/mol. The topological polar surface area (TPSA) is 73.1 Å². The molecule has 0 spiro atoms. The largest absolute Gasteiger partial charge is 0.473 e. The average Bonchev–Trinajstić information content (AvgIpc) is 2.33. The van der Waals surface area contributed by atoms with Crippen LogP contribution in [0, 0.1) is 5.92 Å².